The van der Waals surface area contributed by atoms with Crippen molar-refractivity contribution in [2.24, 2.45) is 5.92 Å². The van der Waals surface area contributed by atoms with Gasteiger partial charge in [0, 0.05) is 6.61 Å². The summed E-state index contributed by atoms with van der Waals surface area (Å²) >= 11 is 0. The Labute approximate surface area is 61.2 Å². The number of hydrogen-bond acceptors (Lipinski definition) is 2. The maximum Gasteiger partial charge on any atom is 0.0627 e. The minimum atomic E-state index is -0.0839. The SMILES string of the molecule is O[C@@H]1CCO[C@@H](C2CC2)C1. The summed E-state index contributed by atoms with van der Waals surface area (Å²) in [4.78, 5) is 0. The van der Waals surface area contributed by atoms with Crippen molar-refractivity contribution >= 4 is 0 Å². The van der Waals surface area contributed by atoms with E-state index < -0.39 is 0 Å². The molecule has 2 heteroatoms. The molecule has 0 spiro atoms. The molecule has 10 heavy (non-hydrogen) atoms. The lowest BCUT2D eigenvalue weighted by molar-refractivity contribution is -0.0526. The van der Waals surface area contributed by atoms with Gasteiger partial charge < -0.3 is 9.84 Å². The van der Waals surface area contributed by atoms with E-state index in [1.165, 1.54) is 12.8 Å². The first-order chi connectivity index (χ1) is 4.86. The molecule has 0 aromatic carbocycles. The van der Waals surface area contributed by atoms with Crippen molar-refractivity contribution in [3.05, 3.63) is 0 Å². The van der Waals surface area contributed by atoms with Crippen molar-refractivity contribution in [2.45, 2.75) is 37.9 Å². The first-order valence-electron chi connectivity index (χ1n) is 4.16. The highest BCUT2D eigenvalue weighted by Gasteiger charge is 2.35. The molecule has 2 rings (SSSR count). The Morgan fingerprint density at radius 3 is 2.60 bits per heavy atom. The monoisotopic (exact) mass is 142 g/mol. The highest BCUT2D eigenvalue weighted by atomic mass is 16.5. The third-order valence-corrected chi connectivity index (χ3v) is 2.44. The first kappa shape index (κ1) is 6.62. The topological polar surface area (TPSA) is 29.5 Å². The molecule has 0 aromatic heterocycles. The van der Waals surface area contributed by atoms with Gasteiger partial charge in [-0.1, -0.05) is 0 Å². The lowest BCUT2D eigenvalue weighted by Gasteiger charge is -2.26. The van der Waals surface area contributed by atoms with E-state index in [-0.39, 0.29) is 6.10 Å². The molecule has 58 valence electrons. The maximum absolute atomic E-state index is 9.28. The number of aliphatic hydroxyl groups is 1. The summed E-state index contributed by atoms with van der Waals surface area (Å²) < 4.78 is 5.51. The molecule has 2 atom stereocenters. The molecule has 0 aromatic rings. The molecule has 1 aliphatic heterocycles. The fourth-order valence-electron chi connectivity index (χ4n) is 1.61. The molecule has 0 amide bonds. The number of hydrogen-bond donors (Lipinski definition) is 1. The molecule has 2 nitrogen and oxygen atoms in total. The summed E-state index contributed by atoms with van der Waals surface area (Å²) in [6, 6.07) is 0. The van der Waals surface area contributed by atoms with Crippen LogP contribution in [0.3, 0.4) is 0 Å². The summed E-state index contributed by atoms with van der Waals surface area (Å²) in [7, 11) is 0. The van der Waals surface area contributed by atoms with Crippen LogP contribution in [0.4, 0.5) is 0 Å². The predicted molar refractivity (Wildman–Crippen MR) is 37.7 cm³/mol. The van der Waals surface area contributed by atoms with Crippen molar-refractivity contribution in [3.8, 4) is 0 Å². The summed E-state index contributed by atoms with van der Waals surface area (Å²) in [5.41, 5.74) is 0. The second-order valence-electron chi connectivity index (χ2n) is 3.42. The Morgan fingerprint density at radius 1 is 1.20 bits per heavy atom. The van der Waals surface area contributed by atoms with Crippen LogP contribution in [0.25, 0.3) is 0 Å². The third-order valence-electron chi connectivity index (χ3n) is 2.44. The van der Waals surface area contributed by atoms with Crippen LogP contribution in [0.5, 0.6) is 0 Å². The number of rotatable bonds is 1. The van der Waals surface area contributed by atoms with E-state index in [0.717, 1.165) is 25.4 Å². The second-order valence-corrected chi connectivity index (χ2v) is 3.42. The fraction of sp³-hybridized carbons (Fsp3) is 1.00. The standard InChI is InChI=1S/C8H14O2/c9-7-3-4-10-8(5-7)6-1-2-6/h6-9H,1-5H2/t7-,8-/m1/s1. The smallest absolute Gasteiger partial charge is 0.0627 e. The van der Waals surface area contributed by atoms with Gasteiger partial charge in [0.05, 0.1) is 12.2 Å². The Kier molecular flexibility index (Phi) is 1.66. The molecule has 1 saturated carbocycles. The summed E-state index contributed by atoms with van der Waals surface area (Å²) in [6.07, 6.45) is 4.66. The van der Waals surface area contributed by atoms with Gasteiger partial charge in [0.25, 0.3) is 0 Å². The lowest BCUT2D eigenvalue weighted by atomic mass is 10.0. The Bertz CT molecular complexity index is 120. The van der Waals surface area contributed by atoms with Crippen molar-refractivity contribution in [1.29, 1.82) is 0 Å². The van der Waals surface area contributed by atoms with Crippen molar-refractivity contribution in [2.75, 3.05) is 6.61 Å². The average molecular weight is 142 g/mol. The van der Waals surface area contributed by atoms with Crippen LogP contribution in [0.2, 0.25) is 0 Å². The van der Waals surface area contributed by atoms with Crippen LogP contribution in [0.15, 0.2) is 0 Å². The zero-order valence-corrected chi connectivity index (χ0v) is 6.12. The zero-order valence-electron chi connectivity index (χ0n) is 6.12. The van der Waals surface area contributed by atoms with Gasteiger partial charge in [-0.3, -0.25) is 0 Å². The van der Waals surface area contributed by atoms with E-state index in [0.29, 0.717) is 6.10 Å². The van der Waals surface area contributed by atoms with Crippen LogP contribution >= 0.6 is 0 Å². The minimum absolute atomic E-state index is 0.0839. The molecule has 1 saturated heterocycles. The molecule has 1 heterocycles. The predicted octanol–water partition coefficient (Wildman–Crippen LogP) is 0.936. The molecular formula is C8H14O2. The largest absolute Gasteiger partial charge is 0.393 e. The van der Waals surface area contributed by atoms with Crippen molar-refractivity contribution in [1.82, 2.24) is 0 Å². The Hall–Kier alpha value is -0.0800. The van der Waals surface area contributed by atoms with Gasteiger partial charge in [0.15, 0.2) is 0 Å². The highest BCUT2D eigenvalue weighted by Crippen LogP contribution is 2.37. The molecule has 2 aliphatic rings. The van der Waals surface area contributed by atoms with Crippen molar-refractivity contribution in [3.63, 3.8) is 0 Å². The van der Waals surface area contributed by atoms with Gasteiger partial charge in [-0.15, -0.1) is 0 Å². The van der Waals surface area contributed by atoms with Crippen LogP contribution in [-0.4, -0.2) is 23.9 Å². The summed E-state index contributed by atoms with van der Waals surface area (Å²) in [6.45, 7) is 0.766. The van der Waals surface area contributed by atoms with Gasteiger partial charge in [0.2, 0.25) is 0 Å². The van der Waals surface area contributed by atoms with E-state index in [4.69, 9.17) is 4.74 Å². The van der Waals surface area contributed by atoms with Crippen LogP contribution in [0.1, 0.15) is 25.7 Å². The van der Waals surface area contributed by atoms with E-state index in [1.807, 2.05) is 0 Å². The molecule has 0 bridgehead atoms. The molecule has 0 radical (unpaired) electrons. The van der Waals surface area contributed by atoms with Gasteiger partial charge in [-0.05, 0) is 31.6 Å². The molecule has 1 N–H and O–H groups in total. The van der Waals surface area contributed by atoms with Crippen LogP contribution < -0.4 is 0 Å². The van der Waals surface area contributed by atoms with Gasteiger partial charge in [-0.2, -0.15) is 0 Å². The highest BCUT2D eigenvalue weighted by molar-refractivity contribution is 4.85. The maximum atomic E-state index is 9.28. The summed E-state index contributed by atoms with van der Waals surface area (Å²) in [5, 5.41) is 9.28. The quantitative estimate of drug-likeness (QED) is 0.590. The van der Waals surface area contributed by atoms with Crippen LogP contribution in [-0.2, 0) is 4.74 Å². The van der Waals surface area contributed by atoms with E-state index >= 15 is 0 Å². The number of aliphatic hydroxyl groups excluding tert-OH is 1. The number of ether oxygens (including phenoxy) is 1. The molecule has 0 unspecified atom stereocenters. The molecule has 1 aliphatic carbocycles. The summed E-state index contributed by atoms with van der Waals surface area (Å²) in [5.74, 6) is 0.787. The first-order valence-corrected chi connectivity index (χ1v) is 4.16. The Morgan fingerprint density at radius 2 is 2.00 bits per heavy atom. The molecular weight excluding hydrogens is 128 g/mol. The van der Waals surface area contributed by atoms with Gasteiger partial charge in [-0.25, -0.2) is 0 Å². The van der Waals surface area contributed by atoms with E-state index in [2.05, 4.69) is 0 Å². The van der Waals surface area contributed by atoms with Crippen LogP contribution in [0, 0.1) is 5.92 Å². The molecule has 2 fully saturated rings. The van der Waals surface area contributed by atoms with E-state index in [9.17, 15) is 5.11 Å². The zero-order chi connectivity index (χ0) is 6.97. The van der Waals surface area contributed by atoms with Crippen molar-refractivity contribution < 1.29 is 9.84 Å². The van der Waals surface area contributed by atoms with Gasteiger partial charge >= 0.3 is 0 Å². The van der Waals surface area contributed by atoms with E-state index in [1.54, 1.807) is 0 Å². The lowest BCUT2D eigenvalue weighted by Crippen LogP contribution is -2.30. The normalized spacial score (nSPS) is 41.7. The van der Waals surface area contributed by atoms with Gasteiger partial charge in [0.1, 0.15) is 0 Å². The third kappa shape index (κ3) is 1.32. The second kappa shape index (κ2) is 2.51. The minimum Gasteiger partial charge on any atom is -0.393 e. The fourth-order valence-corrected chi connectivity index (χ4v) is 1.61. The average Bonchev–Trinajstić information content (AvgIpc) is 2.68. The Balaban J connectivity index is 1.84.